The molecule has 6 heteroatoms. The minimum absolute atomic E-state index is 0.248. The van der Waals surface area contributed by atoms with Crippen molar-refractivity contribution in [1.82, 2.24) is 0 Å². The number of benzene rings is 2. The van der Waals surface area contributed by atoms with Crippen LogP contribution in [0.1, 0.15) is 24.5 Å². The van der Waals surface area contributed by atoms with Crippen LogP contribution in [0, 0.1) is 0 Å². The van der Waals surface area contributed by atoms with Crippen LogP contribution in [-0.4, -0.2) is 24.6 Å². The van der Waals surface area contributed by atoms with Gasteiger partial charge in [-0.15, -0.1) is 0 Å². The molecule has 0 bridgehead atoms. The summed E-state index contributed by atoms with van der Waals surface area (Å²) in [5.74, 6) is -0.424. The van der Waals surface area contributed by atoms with Gasteiger partial charge in [-0.2, -0.15) is 0 Å². The molecular weight excluding hydrogens is 354 g/mol. The predicted molar refractivity (Wildman–Crippen MR) is 99.6 cm³/mol. The Hall–Kier alpha value is -2.53. The summed E-state index contributed by atoms with van der Waals surface area (Å²) < 4.78 is 10.6. The summed E-state index contributed by atoms with van der Waals surface area (Å²) >= 11 is 5.99. The van der Waals surface area contributed by atoms with Crippen LogP contribution >= 0.6 is 11.6 Å². The molecule has 1 amide bonds. The van der Waals surface area contributed by atoms with Crippen LogP contribution in [0.25, 0.3) is 0 Å². The summed E-state index contributed by atoms with van der Waals surface area (Å²) in [5, 5.41) is 3.04. The second-order valence-electron chi connectivity index (χ2n) is 6.17. The summed E-state index contributed by atoms with van der Waals surface area (Å²) in [5.41, 5.74) is 3.07. The summed E-state index contributed by atoms with van der Waals surface area (Å²) in [7, 11) is 0. The number of carbonyl (C=O) groups excluding carboxylic acids is 2. The highest BCUT2D eigenvalue weighted by Crippen LogP contribution is 2.26. The zero-order valence-corrected chi connectivity index (χ0v) is 15.2. The molecule has 3 rings (SSSR count). The van der Waals surface area contributed by atoms with Crippen LogP contribution in [0.5, 0.6) is 5.75 Å². The molecule has 0 radical (unpaired) electrons. The van der Waals surface area contributed by atoms with Crippen LogP contribution in [0.15, 0.2) is 42.5 Å². The third-order valence-electron chi connectivity index (χ3n) is 4.24. The molecule has 26 heavy (non-hydrogen) atoms. The lowest BCUT2D eigenvalue weighted by Gasteiger charge is -2.14. The number of halogens is 1. The van der Waals surface area contributed by atoms with Crippen LogP contribution in [0.3, 0.4) is 0 Å². The number of fused-ring (bicyclic) bond motifs is 1. The van der Waals surface area contributed by atoms with Crippen molar-refractivity contribution in [2.24, 2.45) is 0 Å². The molecule has 0 aliphatic heterocycles. The van der Waals surface area contributed by atoms with Gasteiger partial charge in [0, 0.05) is 0 Å². The first-order chi connectivity index (χ1) is 12.5. The van der Waals surface area contributed by atoms with E-state index in [4.69, 9.17) is 21.1 Å². The normalized spacial score (nSPS) is 13.6. The Kier molecular flexibility index (Phi) is 5.78. The largest absolute Gasteiger partial charge is 0.482 e. The highest BCUT2D eigenvalue weighted by Gasteiger charge is 2.19. The van der Waals surface area contributed by atoms with Gasteiger partial charge in [0.05, 0.1) is 10.7 Å². The van der Waals surface area contributed by atoms with Gasteiger partial charge in [-0.1, -0.05) is 29.8 Å². The standard InChI is InChI=1S/C20H20ClNO4/c1-13(20(24)22-18-8-3-2-7-17(18)21)26-19(23)12-25-16-10-9-14-5-4-6-15(14)11-16/h2-3,7-11,13H,4-6,12H2,1H3,(H,22,24)/t13-/m1/s1. The van der Waals surface area contributed by atoms with E-state index in [2.05, 4.69) is 5.32 Å². The zero-order chi connectivity index (χ0) is 18.5. The van der Waals surface area contributed by atoms with E-state index in [9.17, 15) is 9.59 Å². The molecule has 0 aromatic heterocycles. The third-order valence-corrected chi connectivity index (χ3v) is 4.57. The maximum absolute atomic E-state index is 12.1. The van der Waals surface area contributed by atoms with Gasteiger partial charge < -0.3 is 14.8 Å². The maximum Gasteiger partial charge on any atom is 0.344 e. The average Bonchev–Trinajstić information content (AvgIpc) is 3.09. The number of hydrogen-bond acceptors (Lipinski definition) is 4. The van der Waals surface area contributed by atoms with E-state index < -0.39 is 18.0 Å². The Bertz CT molecular complexity index is 821. The monoisotopic (exact) mass is 373 g/mol. The number of para-hydroxylation sites is 1. The van der Waals surface area contributed by atoms with Crippen LogP contribution in [0.4, 0.5) is 5.69 Å². The van der Waals surface area contributed by atoms with Crippen molar-refractivity contribution in [3.63, 3.8) is 0 Å². The van der Waals surface area contributed by atoms with Crippen molar-refractivity contribution in [3.05, 3.63) is 58.6 Å². The molecule has 2 aromatic rings. The lowest BCUT2D eigenvalue weighted by atomic mass is 10.1. The minimum Gasteiger partial charge on any atom is -0.482 e. The fourth-order valence-corrected chi connectivity index (χ4v) is 3.04. The van der Waals surface area contributed by atoms with Gasteiger partial charge in [-0.25, -0.2) is 4.79 Å². The van der Waals surface area contributed by atoms with Gasteiger partial charge in [-0.05, 0) is 61.6 Å². The second-order valence-corrected chi connectivity index (χ2v) is 6.58. The number of esters is 1. The molecular formula is C20H20ClNO4. The average molecular weight is 374 g/mol. The third kappa shape index (κ3) is 4.55. The van der Waals surface area contributed by atoms with Gasteiger partial charge in [0.2, 0.25) is 0 Å². The zero-order valence-electron chi connectivity index (χ0n) is 14.5. The van der Waals surface area contributed by atoms with E-state index in [0.717, 1.165) is 19.3 Å². The van der Waals surface area contributed by atoms with E-state index in [-0.39, 0.29) is 6.61 Å². The molecule has 1 aliphatic carbocycles. The first-order valence-electron chi connectivity index (χ1n) is 8.52. The van der Waals surface area contributed by atoms with Crippen molar-refractivity contribution < 1.29 is 19.1 Å². The summed E-state index contributed by atoms with van der Waals surface area (Å²) in [6, 6.07) is 12.7. The molecule has 1 atom stereocenters. The molecule has 0 saturated carbocycles. The van der Waals surface area contributed by atoms with E-state index in [1.165, 1.54) is 18.1 Å². The van der Waals surface area contributed by atoms with E-state index in [1.54, 1.807) is 24.3 Å². The summed E-state index contributed by atoms with van der Waals surface area (Å²) in [6.07, 6.45) is 2.33. The van der Waals surface area contributed by atoms with E-state index in [0.29, 0.717) is 16.5 Å². The first-order valence-corrected chi connectivity index (χ1v) is 8.90. The Morgan fingerprint density at radius 3 is 2.73 bits per heavy atom. The topological polar surface area (TPSA) is 64.6 Å². The highest BCUT2D eigenvalue weighted by atomic mass is 35.5. The lowest BCUT2D eigenvalue weighted by molar-refractivity contribution is -0.155. The lowest BCUT2D eigenvalue weighted by Crippen LogP contribution is -2.31. The number of rotatable bonds is 6. The van der Waals surface area contributed by atoms with Crippen molar-refractivity contribution in [1.29, 1.82) is 0 Å². The minimum atomic E-state index is -0.956. The smallest absolute Gasteiger partial charge is 0.344 e. The Labute approximate surface area is 157 Å². The fraction of sp³-hybridized carbons (Fsp3) is 0.300. The van der Waals surface area contributed by atoms with Crippen LogP contribution < -0.4 is 10.1 Å². The molecule has 5 nitrogen and oxygen atoms in total. The number of amides is 1. The first kappa shape index (κ1) is 18.3. The molecule has 2 aromatic carbocycles. The molecule has 1 N–H and O–H groups in total. The molecule has 0 unspecified atom stereocenters. The Balaban J connectivity index is 1.48. The molecule has 136 valence electrons. The number of ether oxygens (including phenoxy) is 2. The van der Waals surface area contributed by atoms with Gasteiger partial charge in [-0.3, -0.25) is 4.79 Å². The maximum atomic E-state index is 12.1. The summed E-state index contributed by atoms with van der Waals surface area (Å²) in [6.45, 7) is 1.25. The molecule has 1 aliphatic rings. The van der Waals surface area contributed by atoms with Crippen LogP contribution in [0.2, 0.25) is 5.02 Å². The number of hydrogen-bond donors (Lipinski definition) is 1. The second kappa shape index (κ2) is 8.23. The number of aryl methyl sites for hydroxylation is 2. The Morgan fingerprint density at radius 2 is 1.92 bits per heavy atom. The quantitative estimate of drug-likeness (QED) is 0.783. The number of nitrogens with one attached hydrogen (secondary N) is 1. The van der Waals surface area contributed by atoms with E-state index >= 15 is 0 Å². The summed E-state index contributed by atoms with van der Waals surface area (Å²) in [4.78, 5) is 24.0. The highest BCUT2D eigenvalue weighted by molar-refractivity contribution is 6.33. The SMILES string of the molecule is C[C@@H](OC(=O)COc1ccc2c(c1)CCC2)C(=O)Nc1ccccc1Cl. The van der Waals surface area contributed by atoms with Crippen molar-refractivity contribution in [2.75, 3.05) is 11.9 Å². The van der Waals surface area contributed by atoms with E-state index in [1.807, 2.05) is 18.2 Å². The van der Waals surface area contributed by atoms with Crippen molar-refractivity contribution >= 4 is 29.2 Å². The van der Waals surface area contributed by atoms with Crippen molar-refractivity contribution in [2.45, 2.75) is 32.3 Å². The van der Waals surface area contributed by atoms with Gasteiger partial charge in [0.1, 0.15) is 5.75 Å². The van der Waals surface area contributed by atoms with Crippen molar-refractivity contribution in [3.8, 4) is 5.75 Å². The molecule has 0 heterocycles. The number of carbonyl (C=O) groups is 2. The molecule has 0 fully saturated rings. The van der Waals surface area contributed by atoms with Crippen LogP contribution in [-0.2, 0) is 27.2 Å². The molecule has 0 spiro atoms. The Morgan fingerprint density at radius 1 is 1.15 bits per heavy atom. The predicted octanol–water partition coefficient (Wildman–Crippen LogP) is 3.78. The van der Waals surface area contributed by atoms with Gasteiger partial charge in [0.15, 0.2) is 12.7 Å². The fourth-order valence-electron chi connectivity index (χ4n) is 2.86. The number of anilines is 1. The molecule has 0 saturated heterocycles. The van der Waals surface area contributed by atoms with Gasteiger partial charge in [0.25, 0.3) is 5.91 Å². The van der Waals surface area contributed by atoms with Gasteiger partial charge >= 0.3 is 5.97 Å².